The third-order valence-corrected chi connectivity index (χ3v) is 3.46. The monoisotopic (exact) mass is 235 g/mol. The van der Waals surface area contributed by atoms with E-state index in [1.807, 2.05) is 30.3 Å². The maximum Gasteiger partial charge on any atom is 0.251 e. The molecule has 1 saturated heterocycles. The second-order valence-electron chi connectivity index (χ2n) is 5.05. The average molecular weight is 235 g/mol. The van der Waals surface area contributed by atoms with Crippen molar-refractivity contribution in [2.24, 2.45) is 0 Å². The van der Waals surface area contributed by atoms with Crippen molar-refractivity contribution in [3.8, 4) is 0 Å². The lowest BCUT2D eigenvalue weighted by Crippen LogP contribution is -2.59. The van der Waals surface area contributed by atoms with Gasteiger partial charge in [0.1, 0.15) is 6.10 Å². The molecule has 0 aliphatic carbocycles. The standard InChI is InChI=1S/C12H17NO2Si/c1-16(2,3)15-11-10(13-12(11)14)9-7-5-4-6-8-9/h4-8,10-11H,1-3H3,(H,13,14)/t10-,11+/m0/s1. The van der Waals surface area contributed by atoms with E-state index < -0.39 is 8.32 Å². The van der Waals surface area contributed by atoms with E-state index in [1.165, 1.54) is 0 Å². The summed E-state index contributed by atoms with van der Waals surface area (Å²) in [5.74, 6) is 0.0104. The predicted molar refractivity (Wildman–Crippen MR) is 65.5 cm³/mol. The first-order chi connectivity index (χ1) is 7.47. The van der Waals surface area contributed by atoms with Gasteiger partial charge in [-0.2, -0.15) is 0 Å². The Bertz CT molecular complexity index is 386. The number of rotatable bonds is 3. The van der Waals surface area contributed by atoms with Crippen LogP contribution in [-0.2, 0) is 9.22 Å². The molecule has 1 aliphatic heterocycles. The van der Waals surface area contributed by atoms with Crippen molar-refractivity contribution in [3.63, 3.8) is 0 Å². The van der Waals surface area contributed by atoms with E-state index in [-0.39, 0.29) is 18.1 Å². The summed E-state index contributed by atoms with van der Waals surface area (Å²) >= 11 is 0. The Morgan fingerprint density at radius 2 is 1.81 bits per heavy atom. The number of carbonyl (C=O) groups excluding carboxylic acids is 1. The zero-order valence-corrected chi connectivity index (χ0v) is 10.9. The highest BCUT2D eigenvalue weighted by Crippen LogP contribution is 2.29. The van der Waals surface area contributed by atoms with Gasteiger partial charge in [-0.05, 0) is 25.2 Å². The molecule has 0 spiro atoms. The molecule has 86 valence electrons. The number of benzene rings is 1. The van der Waals surface area contributed by atoms with Crippen LogP contribution in [0.5, 0.6) is 0 Å². The van der Waals surface area contributed by atoms with Crippen LogP contribution in [0, 0.1) is 0 Å². The number of hydrogen-bond donors (Lipinski definition) is 1. The third kappa shape index (κ3) is 2.33. The van der Waals surface area contributed by atoms with Crippen LogP contribution >= 0.6 is 0 Å². The van der Waals surface area contributed by atoms with Crippen molar-refractivity contribution in [2.75, 3.05) is 0 Å². The van der Waals surface area contributed by atoms with E-state index in [4.69, 9.17) is 4.43 Å². The van der Waals surface area contributed by atoms with Crippen molar-refractivity contribution >= 4 is 14.2 Å². The van der Waals surface area contributed by atoms with Crippen molar-refractivity contribution in [1.29, 1.82) is 0 Å². The molecule has 0 saturated carbocycles. The molecular weight excluding hydrogens is 218 g/mol. The molecular formula is C12H17NO2Si. The molecule has 1 fully saturated rings. The second-order valence-corrected chi connectivity index (χ2v) is 9.51. The van der Waals surface area contributed by atoms with Gasteiger partial charge >= 0.3 is 0 Å². The van der Waals surface area contributed by atoms with Crippen LogP contribution in [0.4, 0.5) is 0 Å². The zero-order valence-electron chi connectivity index (χ0n) is 9.86. The lowest BCUT2D eigenvalue weighted by molar-refractivity contribution is -0.141. The summed E-state index contributed by atoms with van der Waals surface area (Å²) in [6, 6.07) is 9.99. The van der Waals surface area contributed by atoms with E-state index in [0.29, 0.717) is 0 Å². The van der Waals surface area contributed by atoms with E-state index in [1.54, 1.807) is 0 Å². The lowest BCUT2D eigenvalue weighted by atomic mass is 9.94. The first-order valence-corrected chi connectivity index (χ1v) is 8.91. The fraction of sp³-hybridized carbons (Fsp3) is 0.417. The summed E-state index contributed by atoms with van der Waals surface area (Å²) in [7, 11) is -1.67. The number of β-lactam (4-membered cyclic amide) rings is 1. The van der Waals surface area contributed by atoms with Crippen LogP contribution in [0.25, 0.3) is 0 Å². The van der Waals surface area contributed by atoms with Crippen LogP contribution in [0.1, 0.15) is 11.6 Å². The van der Waals surface area contributed by atoms with Gasteiger partial charge in [0.2, 0.25) is 0 Å². The molecule has 1 N–H and O–H groups in total. The Balaban J connectivity index is 2.11. The number of hydrogen-bond acceptors (Lipinski definition) is 2. The Morgan fingerprint density at radius 3 is 2.31 bits per heavy atom. The normalized spacial score (nSPS) is 24.8. The number of carbonyl (C=O) groups is 1. The van der Waals surface area contributed by atoms with E-state index >= 15 is 0 Å². The summed E-state index contributed by atoms with van der Waals surface area (Å²) in [5.41, 5.74) is 1.12. The van der Waals surface area contributed by atoms with Crippen LogP contribution in [0.15, 0.2) is 30.3 Å². The van der Waals surface area contributed by atoms with E-state index in [9.17, 15) is 4.79 Å². The minimum Gasteiger partial charge on any atom is -0.404 e. The Morgan fingerprint density at radius 1 is 1.19 bits per heavy atom. The largest absolute Gasteiger partial charge is 0.404 e. The van der Waals surface area contributed by atoms with Crippen LogP contribution in [0.3, 0.4) is 0 Å². The summed E-state index contributed by atoms with van der Waals surface area (Å²) in [6.45, 7) is 6.29. The van der Waals surface area contributed by atoms with Crippen molar-refractivity contribution in [1.82, 2.24) is 5.32 Å². The van der Waals surface area contributed by atoms with Gasteiger partial charge in [-0.15, -0.1) is 0 Å². The molecule has 1 heterocycles. The van der Waals surface area contributed by atoms with Crippen molar-refractivity contribution in [2.45, 2.75) is 31.8 Å². The highest BCUT2D eigenvalue weighted by atomic mass is 28.4. The molecule has 2 rings (SSSR count). The van der Waals surface area contributed by atoms with Crippen LogP contribution < -0.4 is 5.32 Å². The average Bonchev–Trinajstić information content (AvgIpc) is 2.23. The second kappa shape index (κ2) is 4.03. The minimum absolute atomic E-state index is 0.0104. The van der Waals surface area contributed by atoms with E-state index in [2.05, 4.69) is 25.0 Å². The SMILES string of the molecule is C[Si](C)(C)O[C@H]1C(=O)N[C@H]1c1ccccc1. The quantitative estimate of drug-likeness (QED) is 0.643. The third-order valence-electron chi connectivity index (χ3n) is 2.50. The molecule has 1 aromatic rings. The highest BCUT2D eigenvalue weighted by molar-refractivity contribution is 6.70. The van der Waals surface area contributed by atoms with Gasteiger partial charge in [-0.1, -0.05) is 30.3 Å². The maximum absolute atomic E-state index is 11.5. The van der Waals surface area contributed by atoms with Crippen molar-refractivity contribution in [3.05, 3.63) is 35.9 Å². The van der Waals surface area contributed by atoms with Gasteiger partial charge in [0.25, 0.3) is 5.91 Å². The molecule has 0 unspecified atom stereocenters. The summed E-state index contributed by atoms with van der Waals surface area (Å²) < 4.78 is 5.88. The fourth-order valence-corrected chi connectivity index (χ4v) is 2.79. The van der Waals surface area contributed by atoms with Gasteiger partial charge < -0.3 is 9.74 Å². The Hall–Kier alpha value is -1.13. The van der Waals surface area contributed by atoms with Crippen LogP contribution in [0.2, 0.25) is 19.6 Å². The summed E-state index contributed by atoms with van der Waals surface area (Å²) in [4.78, 5) is 11.5. The van der Waals surface area contributed by atoms with Gasteiger partial charge in [-0.25, -0.2) is 0 Å². The lowest BCUT2D eigenvalue weighted by Gasteiger charge is -2.40. The molecule has 2 atom stereocenters. The van der Waals surface area contributed by atoms with Gasteiger partial charge in [-0.3, -0.25) is 4.79 Å². The summed E-state index contributed by atoms with van der Waals surface area (Å²) in [5, 5.41) is 2.89. The van der Waals surface area contributed by atoms with Gasteiger partial charge in [0.15, 0.2) is 8.32 Å². The molecule has 1 amide bonds. The molecule has 1 aromatic carbocycles. The van der Waals surface area contributed by atoms with Gasteiger partial charge in [0, 0.05) is 0 Å². The van der Waals surface area contributed by atoms with E-state index in [0.717, 1.165) is 5.56 Å². The predicted octanol–water partition coefficient (Wildman–Crippen LogP) is 2.08. The van der Waals surface area contributed by atoms with Gasteiger partial charge in [0.05, 0.1) is 6.04 Å². The first-order valence-electron chi connectivity index (χ1n) is 5.50. The van der Waals surface area contributed by atoms with Crippen molar-refractivity contribution < 1.29 is 9.22 Å². The topological polar surface area (TPSA) is 38.3 Å². The molecule has 1 aliphatic rings. The molecule has 3 nitrogen and oxygen atoms in total. The highest BCUT2D eigenvalue weighted by Gasteiger charge is 2.43. The molecule has 0 aromatic heterocycles. The Labute approximate surface area is 96.9 Å². The molecule has 0 radical (unpaired) electrons. The molecule has 0 bridgehead atoms. The smallest absolute Gasteiger partial charge is 0.251 e. The number of nitrogens with one attached hydrogen (secondary N) is 1. The Kier molecular flexibility index (Phi) is 2.86. The minimum atomic E-state index is -1.67. The maximum atomic E-state index is 11.5. The first kappa shape index (κ1) is 11.4. The summed E-state index contributed by atoms with van der Waals surface area (Å²) in [6.07, 6.45) is -0.297. The van der Waals surface area contributed by atoms with Crippen LogP contribution in [-0.4, -0.2) is 20.3 Å². The zero-order chi connectivity index (χ0) is 11.8. The fourth-order valence-electron chi connectivity index (χ4n) is 1.79. The number of amides is 1. The molecule has 16 heavy (non-hydrogen) atoms. The molecule has 4 heteroatoms.